The number of anilines is 1. The maximum absolute atomic E-state index is 11.5. The van der Waals surface area contributed by atoms with Gasteiger partial charge in [-0.2, -0.15) is 0 Å². The topological polar surface area (TPSA) is 29.5 Å². The van der Waals surface area contributed by atoms with E-state index in [0.29, 0.717) is 12.5 Å². The molecule has 0 aliphatic carbocycles. The lowest BCUT2D eigenvalue weighted by molar-refractivity contribution is 0.179. The number of benzene rings is 1. The van der Waals surface area contributed by atoms with Gasteiger partial charge in [-0.05, 0) is 18.1 Å². The first-order chi connectivity index (χ1) is 7.27. The predicted molar refractivity (Wildman–Crippen MR) is 58.9 cm³/mol. The van der Waals surface area contributed by atoms with E-state index in [0.717, 1.165) is 12.1 Å². The lowest BCUT2D eigenvalue weighted by Gasteiger charge is -2.15. The van der Waals surface area contributed by atoms with Crippen LogP contribution in [-0.4, -0.2) is 19.7 Å². The summed E-state index contributed by atoms with van der Waals surface area (Å²) in [7, 11) is 1.41. The lowest BCUT2D eigenvalue weighted by Crippen LogP contribution is -2.29. The maximum atomic E-state index is 11.5. The molecule has 0 saturated heterocycles. The van der Waals surface area contributed by atoms with Crippen molar-refractivity contribution in [1.29, 1.82) is 0 Å². The molecule has 15 heavy (non-hydrogen) atoms. The van der Waals surface area contributed by atoms with Crippen molar-refractivity contribution in [3.05, 3.63) is 36.8 Å². The SMILES string of the molecule is [CH2]CC1CN(C(=O)OC)c2ccccc21. The summed E-state index contributed by atoms with van der Waals surface area (Å²) in [5.41, 5.74) is 2.15. The van der Waals surface area contributed by atoms with E-state index in [9.17, 15) is 4.79 Å². The van der Waals surface area contributed by atoms with Crippen LogP contribution in [0.3, 0.4) is 0 Å². The standard InChI is InChI=1S/C12H14NO2/c1-3-9-8-13(12(14)15-2)11-7-5-4-6-10(9)11/h4-7,9H,1,3,8H2,2H3. The molecule has 1 heterocycles. The summed E-state index contributed by atoms with van der Waals surface area (Å²) >= 11 is 0. The molecule has 1 unspecified atom stereocenters. The van der Waals surface area contributed by atoms with Crippen LogP contribution in [0.5, 0.6) is 0 Å². The van der Waals surface area contributed by atoms with Gasteiger partial charge >= 0.3 is 6.09 Å². The van der Waals surface area contributed by atoms with E-state index in [1.165, 1.54) is 12.7 Å². The van der Waals surface area contributed by atoms with E-state index >= 15 is 0 Å². The fourth-order valence-electron chi connectivity index (χ4n) is 2.03. The molecule has 0 saturated carbocycles. The number of rotatable bonds is 1. The number of amides is 1. The number of hydrogen-bond acceptors (Lipinski definition) is 2. The smallest absolute Gasteiger partial charge is 0.414 e. The molecule has 0 aromatic heterocycles. The van der Waals surface area contributed by atoms with E-state index < -0.39 is 0 Å². The molecule has 2 rings (SSSR count). The van der Waals surface area contributed by atoms with Crippen molar-refractivity contribution in [1.82, 2.24) is 0 Å². The molecule has 0 spiro atoms. The Kier molecular flexibility index (Phi) is 2.62. The van der Waals surface area contributed by atoms with Gasteiger partial charge in [-0.3, -0.25) is 4.90 Å². The molecular formula is C12H14NO2. The van der Waals surface area contributed by atoms with Crippen LogP contribution in [0, 0.1) is 6.92 Å². The molecule has 79 valence electrons. The number of ether oxygens (including phenoxy) is 1. The number of para-hydroxylation sites is 1. The summed E-state index contributed by atoms with van der Waals surface area (Å²) in [5, 5.41) is 0. The molecule has 1 radical (unpaired) electrons. The first kappa shape index (κ1) is 10.0. The Morgan fingerprint density at radius 1 is 1.60 bits per heavy atom. The minimum absolute atomic E-state index is 0.293. The summed E-state index contributed by atoms with van der Waals surface area (Å²) < 4.78 is 4.75. The van der Waals surface area contributed by atoms with Gasteiger partial charge < -0.3 is 4.74 Å². The van der Waals surface area contributed by atoms with E-state index in [1.54, 1.807) is 4.90 Å². The normalized spacial score (nSPS) is 18.8. The van der Waals surface area contributed by atoms with Gasteiger partial charge in [0.25, 0.3) is 0 Å². The molecule has 0 N–H and O–H groups in total. The number of hydrogen-bond donors (Lipinski definition) is 0. The molecule has 1 aromatic rings. The Labute approximate surface area is 89.7 Å². The molecular weight excluding hydrogens is 190 g/mol. The van der Waals surface area contributed by atoms with Crippen LogP contribution in [0.1, 0.15) is 17.9 Å². The fourth-order valence-corrected chi connectivity index (χ4v) is 2.03. The second-order valence-corrected chi connectivity index (χ2v) is 3.63. The zero-order valence-corrected chi connectivity index (χ0v) is 8.77. The summed E-state index contributed by atoms with van der Waals surface area (Å²) in [6.45, 7) is 4.58. The number of carbonyl (C=O) groups is 1. The third-order valence-electron chi connectivity index (χ3n) is 2.81. The molecule has 0 fully saturated rings. The Morgan fingerprint density at radius 2 is 2.33 bits per heavy atom. The van der Waals surface area contributed by atoms with Crippen molar-refractivity contribution < 1.29 is 9.53 Å². The quantitative estimate of drug-likeness (QED) is 0.703. The van der Waals surface area contributed by atoms with Crippen LogP contribution in [0.25, 0.3) is 0 Å². The summed E-state index contributed by atoms with van der Waals surface area (Å²) in [5.74, 6) is 0.334. The van der Waals surface area contributed by atoms with Gasteiger partial charge in [-0.25, -0.2) is 4.79 Å². The molecule has 3 nitrogen and oxygen atoms in total. The van der Waals surface area contributed by atoms with Gasteiger partial charge in [0, 0.05) is 12.5 Å². The number of nitrogens with zero attached hydrogens (tertiary/aromatic N) is 1. The van der Waals surface area contributed by atoms with Crippen LogP contribution in [0.2, 0.25) is 0 Å². The van der Waals surface area contributed by atoms with Gasteiger partial charge in [-0.15, -0.1) is 0 Å². The highest BCUT2D eigenvalue weighted by atomic mass is 16.5. The van der Waals surface area contributed by atoms with Crippen molar-refractivity contribution in [2.24, 2.45) is 0 Å². The molecule has 1 aliphatic heterocycles. The highest BCUT2D eigenvalue weighted by molar-refractivity contribution is 5.90. The fraction of sp³-hybridized carbons (Fsp3) is 0.333. The van der Waals surface area contributed by atoms with Crippen LogP contribution in [-0.2, 0) is 4.74 Å². The van der Waals surface area contributed by atoms with E-state index in [1.807, 2.05) is 24.3 Å². The predicted octanol–water partition coefficient (Wildman–Crippen LogP) is 2.58. The second kappa shape index (κ2) is 3.93. The van der Waals surface area contributed by atoms with Crippen molar-refractivity contribution in [2.45, 2.75) is 12.3 Å². The number of carbonyl (C=O) groups excluding carboxylic acids is 1. The van der Waals surface area contributed by atoms with Gasteiger partial charge in [0.1, 0.15) is 0 Å². The number of methoxy groups -OCH3 is 1. The molecule has 1 aliphatic rings. The Hall–Kier alpha value is -1.51. The van der Waals surface area contributed by atoms with Crippen LogP contribution in [0.4, 0.5) is 10.5 Å². The summed E-state index contributed by atoms with van der Waals surface area (Å²) in [6, 6.07) is 7.92. The van der Waals surface area contributed by atoms with E-state index in [4.69, 9.17) is 4.74 Å². The van der Waals surface area contributed by atoms with E-state index in [-0.39, 0.29) is 6.09 Å². The van der Waals surface area contributed by atoms with Crippen LogP contribution < -0.4 is 4.90 Å². The minimum atomic E-state index is -0.293. The third kappa shape index (κ3) is 1.58. The second-order valence-electron chi connectivity index (χ2n) is 3.63. The summed E-state index contributed by atoms with van der Waals surface area (Å²) in [4.78, 5) is 13.2. The first-order valence-corrected chi connectivity index (χ1v) is 5.01. The molecule has 1 aromatic carbocycles. The molecule has 1 amide bonds. The summed E-state index contributed by atoms with van der Waals surface area (Å²) in [6.07, 6.45) is 0.503. The Morgan fingerprint density at radius 3 is 3.00 bits per heavy atom. The average Bonchev–Trinajstić information content (AvgIpc) is 2.67. The van der Waals surface area contributed by atoms with E-state index in [2.05, 4.69) is 6.92 Å². The van der Waals surface area contributed by atoms with Crippen molar-refractivity contribution >= 4 is 11.8 Å². The zero-order valence-electron chi connectivity index (χ0n) is 8.77. The van der Waals surface area contributed by atoms with Gasteiger partial charge in [0.2, 0.25) is 0 Å². The first-order valence-electron chi connectivity index (χ1n) is 5.01. The van der Waals surface area contributed by atoms with Crippen molar-refractivity contribution in [2.75, 3.05) is 18.6 Å². The number of fused-ring (bicyclic) bond motifs is 1. The molecule has 1 atom stereocenters. The van der Waals surface area contributed by atoms with Crippen LogP contribution >= 0.6 is 0 Å². The minimum Gasteiger partial charge on any atom is -0.452 e. The largest absolute Gasteiger partial charge is 0.452 e. The Bertz CT molecular complexity index is 376. The van der Waals surface area contributed by atoms with Gasteiger partial charge in [0.15, 0.2) is 0 Å². The third-order valence-corrected chi connectivity index (χ3v) is 2.81. The van der Waals surface area contributed by atoms with Crippen molar-refractivity contribution in [3.8, 4) is 0 Å². The van der Waals surface area contributed by atoms with Gasteiger partial charge in [-0.1, -0.05) is 25.1 Å². The molecule has 3 heteroatoms. The van der Waals surface area contributed by atoms with Crippen molar-refractivity contribution in [3.63, 3.8) is 0 Å². The Balaban J connectivity index is 2.37. The monoisotopic (exact) mass is 204 g/mol. The highest BCUT2D eigenvalue weighted by Gasteiger charge is 2.31. The van der Waals surface area contributed by atoms with Gasteiger partial charge in [0.05, 0.1) is 12.8 Å². The highest BCUT2D eigenvalue weighted by Crippen LogP contribution is 2.37. The molecule has 0 bridgehead atoms. The van der Waals surface area contributed by atoms with Crippen LogP contribution in [0.15, 0.2) is 24.3 Å². The maximum Gasteiger partial charge on any atom is 0.414 e. The average molecular weight is 204 g/mol. The zero-order chi connectivity index (χ0) is 10.8. The lowest BCUT2D eigenvalue weighted by atomic mass is 9.99.